The molecule has 46 heavy (non-hydrogen) atoms. The number of nitrogens with zero attached hydrogens (tertiary/aromatic N) is 6. The van der Waals surface area contributed by atoms with Crippen LogP contribution in [0.1, 0.15) is 91.6 Å². The van der Waals surface area contributed by atoms with Crippen LogP contribution < -0.4 is 4.74 Å². The number of aliphatic hydroxyl groups excluding tert-OH is 1. The first-order valence-corrected chi connectivity index (χ1v) is 16.7. The monoisotopic (exact) mass is 644 g/mol. The van der Waals surface area contributed by atoms with Crippen molar-refractivity contribution >= 4 is 23.1 Å². The summed E-state index contributed by atoms with van der Waals surface area (Å²) in [5, 5.41) is 20.0. The molecule has 1 spiro atoms. The summed E-state index contributed by atoms with van der Waals surface area (Å²) in [6.45, 7) is 11.1. The van der Waals surface area contributed by atoms with E-state index in [-0.39, 0.29) is 30.3 Å². The minimum atomic E-state index is -0.480. The Hall–Kier alpha value is -4.03. The Morgan fingerprint density at radius 1 is 1.13 bits per heavy atom. The minimum absolute atomic E-state index is 0.0538. The van der Waals surface area contributed by atoms with E-state index in [0.29, 0.717) is 18.1 Å². The number of fused-ring (bicyclic) bond motifs is 3. The van der Waals surface area contributed by atoms with Crippen molar-refractivity contribution in [2.75, 3.05) is 13.1 Å². The molecule has 1 atom stereocenters. The highest BCUT2D eigenvalue weighted by atomic mass is 32.1. The van der Waals surface area contributed by atoms with Gasteiger partial charge in [0, 0.05) is 29.1 Å². The van der Waals surface area contributed by atoms with Crippen LogP contribution in [0.2, 0.25) is 0 Å². The summed E-state index contributed by atoms with van der Waals surface area (Å²) in [5.41, 5.74) is 3.51. The largest absolute Gasteiger partial charge is 0.490 e. The molecule has 242 valence electrons. The fourth-order valence-electron chi connectivity index (χ4n) is 6.90. The number of aromatic nitrogens is 4. The summed E-state index contributed by atoms with van der Waals surface area (Å²) >= 11 is 1.54. The molecule has 3 aromatic heterocycles. The molecular formula is C34H40N6O5S. The molecule has 1 N–H and O–H groups in total. The quantitative estimate of drug-likeness (QED) is 0.266. The number of aryl methyl sites for hydroxylation is 1. The van der Waals surface area contributed by atoms with Gasteiger partial charge in [-0.2, -0.15) is 0 Å². The second-order valence-corrected chi connectivity index (χ2v) is 14.8. The summed E-state index contributed by atoms with van der Waals surface area (Å²) in [4.78, 5) is 24.8. The number of ether oxygens (including phenoxy) is 2. The van der Waals surface area contributed by atoms with E-state index in [1.807, 2.05) is 51.7 Å². The molecule has 0 radical (unpaired) electrons. The molecule has 1 saturated carbocycles. The smallest absolute Gasteiger partial charge is 0.410 e. The molecule has 2 fully saturated rings. The van der Waals surface area contributed by atoms with Gasteiger partial charge in [-0.15, -0.1) is 21.5 Å². The van der Waals surface area contributed by atoms with E-state index in [0.717, 1.165) is 82.6 Å². The highest BCUT2D eigenvalue weighted by Crippen LogP contribution is 2.50. The Morgan fingerprint density at radius 3 is 2.52 bits per heavy atom. The zero-order valence-corrected chi connectivity index (χ0v) is 27.8. The number of likely N-dealkylation sites (tertiary alicyclic amines) is 1. The maximum atomic E-state index is 12.5. The van der Waals surface area contributed by atoms with Crippen molar-refractivity contribution in [3.8, 4) is 10.8 Å². The van der Waals surface area contributed by atoms with Crippen molar-refractivity contribution in [2.45, 2.75) is 91.1 Å². The number of aliphatic hydroxyl groups is 1. The topological polar surface area (TPSA) is 128 Å². The van der Waals surface area contributed by atoms with Gasteiger partial charge in [-0.1, -0.05) is 0 Å². The number of piperidine rings is 1. The summed E-state index contributed by atoms with van der Waals surface area (Å²) in [6.07, 6.45) is 7.52. The van der Waals surface area contributed by atoms with Crippen molar-refractivity contribution in [1.29, 1.82) is 0 Å². The number of amides is 1. The van der Waals surface area contributed by atoms with Crippen LogP contribution in [0.5, 0.6) is 5.75 Å². The number of thiophene rings is 1. The first kappa shape index (κ1) is 30.6. The van der Waals surface area contributed by atoms with Crippen molar-refractivity contribution < 1.29 is 23.8 Å². The molecule has 1 aromatic carbocycles. The van der Waals surface area contributed by atoms with Gasteiger partial charge in [-0.3, -0.25) is 9.56 Å². The van der Waals surface area contributed by atoms with Gasteiger partial charge in [0.1, 0.15) is 34.5 Å². The van der Waals surface area contributed by atoms with E-state index in [2.05, 4.69) is 31.9 Å². The van der Waals surface area contributed by atoms with Gasteiger partial charge in [0.05, 0.1) is 31.0 Å². The molecule has 3 aliphatic rings. The predicted octanol–water partition coefficient (Wildman–Crippen LogP) is 6.12. The second kappa shape index (κ2) is 11.6. The van der Waals surface area contributed by atoms with E-state index in [1.165, 1.54) is 0 Å². The molecule has 4 aromatic rings. The first-order chi connectivity index (χ1) is 22.0. The first-order valence-electron chi connectivity index (χ1n) is 15.9. The third kappa shape index (κ3) is 5.72. The lowest BCUT2D eigenvalue weighted by molar-refractivity contribution is -0.0583. The molecule has 1 amide bonds. The van der Waals surface area contributed by atoms with Gasteiger partial charge in [0.15, 0.2) is 11.7 Å². The van der Waals surface area contributed by atoms with Gasteiger partial charge in [-0.25, -0.2) is 9.78 Å². The van der Waals surface area contributed by atoms with E-state index in [9.17, 15) is 9.90 Å². The summed E-state index contributed by atoms with van der Waals surface area (Å²) < 4.78 is 19.6. The van der Waals surface area contributed by atoms with Crippen LogP contribution in [0.3, 0.4) is 0 Å². The number of carbonyl (C=O) groups is 1. The molecular weight excluding hydrogens is 604 g/mol. The van der Waals surface area contributed by atoms with E-state index in [4.69, 9.17) is 18.9 Å². The third-order valence-corrected chi connectivity index (χ3v) is 10.6. The van der Waals surface area contributed by atoms with Crippen molar-refractivity contribution in [3.05, 3.63) is 75.8 Å². The number of hydrogen-bond donors (Lipinski definition) is 1. The van der Waals surface area contributed by atoms with Crippen LogP contribution in [0.25, 0.3) is 5.00 Å². The van der Waals surface area contributed by atoms with Gasteiger partial charge in [0.25, 0.3) is 0 Å². The summed E-state index contributed by atoms with van der Waals surface area (Å²) in [7, 11) is 0. The van der Waals surface area contributed by atoms with Crippen molar-refractivity contribution in [1.82, 2.24) is 24.6 Å². The van der Waals surface area contributed by atoms with E-state index in [1.54, 1.807) is 23.8 Å². The Labute approximate surface area is 272 Å². The highest BCUT2D eigenvalue weighted by Gasteiger charge is 2.48. The average Bonchev–Trinajstić information content (AvgIpc) is 3.71. The minimum Gasteiger partial charge on any atom is -0.490 e. The van der Waals surface area contributed by atoms with Crippen molar-refractivity contribution in [3.63, 3.8) is 0 Å². The van der Waals surface area contributed by atoms with Crippen molar-refractivity contribution in [2.24, 2.45) is 10.4 Å². The van der Waals surface area contributed by atoms with Gasteiger partial charge >= 0.3 is 6.09 Å². The van der Waals surface area contributed by atoms with Crippen LogP contribution >= 0.6 is 11.3 Å². The Kier molecular flexibility index (Phi) is 7.75. The van der Waals surface area contributed by atoms with Crippen LogP contribution in [-0.4, -0.2) is 66.4 Å². The number of carbonyl (C=O) groups excluding carboxylic acids is 1. The Balaban J connectivity index is 1.09. The van der Waals surface area contributed by atoms with Crippen LogP contribution in [-0.2, 0) is 17.8 Å². The number of hydrogen-bond acceptors (Lipinski definition) is 10. The maximum absolute atomic E-state index is 12.5. The predicted molar refractivity (Wildman–Crippen MR) is 173 cm³/mol. The molecule has 12 heteroatoms. The molecule has 2 aliphatic heterocycles. The lowest BCUT2D eigenvalue weighted by Gasteiger charge is -2.51. The average molecular weight is 645 g/mol. The second-order valence-electron chi connectivity index (χ2n) is 13.7. The normalized spacial score (nSPS) is 19.2. The summed E-state index contributed by atoms with van der Waals surface area (Å²) in [6, 6.07) is 7.78. The number of aliphatic imine (C=N–C) groups is 1. The Morgan fingerprint density at radius 2 is 1.87 bits per heavy atom. The highest BCUT2D eigenvalue weighted by molar-refractivity contribution is 7.15. The maximum Gasteiger partial charge on any atom is 0.410 e. The standard InChI is InChI=1S/C34H40N6O5S/c1-20-26(19-41)46-31-28(20)29(36-25(16-27-35-12-15-43-27)30-38-37-21(2)40(30)31)22-6-8-23(9-7-22)44-24-17-34(18-24)10-13-39(14-11-34)32(42)45-33(3,4)5/h6-9,12,15,24-25,41H,10-11,13-14,16-19H2,1-5H3/t25-/m0/s1. The molecule has 0 bridgehead atoms. The molecule has 7 rings (SSSR count). The fourth-order valence-corrected chi connectivity index (χ4v) is 8.12. The summed E-state index contributed by atoms with van der Waals surface area (Å²) in [5.74, 6) is 2.88. The number of oxazole rings is 1. The lowest BCUT2D eigenvalue weighted by atomic mass is 9.61. The zero-order valence-electron chi connectivity index (χ0n) is 26.9. The molecule has 1 aliphatic carbocycles. The molecule has 1 saturated heterocycles. The van der Waals surface area contributed by atoms with Crippen LogP contribution in [0.4, 0.5) is 4.79 Å². The third-order valence-electron chi connectivity index (χ3n) is 9.32. The van der Waals surface area contributed by atoms with Gasteiger partial charge < -0.3 is 23.9 Å². The van der Waals surface area contributed by atoms with Crippen LogP contribution in [0, 0.1) is 19.3 Å². The van der Waals surface area contributed by atoms with E-state index >= 15 is 0 Å². The Bertz CT molecular complexity index is 1750. The van der Waals surface area contributed by atoms with Crippen LogP contribution in [0.15, 0.2) is 46.1 Å². The SMILES string of the molecule is Cc1c(CO)sc2c1C(c1ccc(OC3CC4(CCN(C(=O)OC(C)(C)C)CC4)C3)cc1)=N[C@@H](Cc1ncco1)c1nnc(C)n1-2. The van der Waals surface area contributed by atoms with Gasteiger partial charge in [0.2, 0.25) is 0 Å². The number of benzene rings is 1. The molecule has 0 unspecified atom stereocenters. The lowest BCUT2D eigenvalue weighted by Crippen LogP contribution is -2.52. The van der Waals surface area contributed by atoms with Gasteiger partial charge in [-0.05, 0) is 95.5 Å². The molecule has 5 heterocycles. The van der Waals surface area contributed by atoms with E-state index < -0.39 is 5.60 Å². The zero-order chi connectivity index (χ0) is 32.2. The fraction of sp³-hybridized carbons (Fsp3) is 0.500. The molecule has 11 nitrogen and oxygen atoms in total. The number of rotatable bonds is 6.